The monoisotopic (exact) mass is 627 g/mol. The van der Waals surface area contributed by atoms with Crippen molar-refractivity contribution in [2.75, 3.05) is 62.2 Å². The van der Waals surface area contributed by atoms with Crippen LogP contribution in [0.25, 0.3) is 10.8 Å². The van der Waals surface area contributed by atoms with E-state index < -0.39 is 0 Å². The van der Waals surface area contributed by atoms with Crippen molar-refractivity contribution in [2.24, 2.45) is 5.41 Å². The molecule has 2 aliphatic heterocycles. The molecule has 1 saturated heterocycles. The summed E-state index contributed by atoms with van der Waals surface area (Å²) in [4.78, 5) is 31.4. The Morgan fingerprint density at radius 1 is 1.16 bits per heavy atom. The van der Waals surface area contributed by atoms with Crippen LogP contribution in [0.4, 0.5) is 11.5 Å². The maximum Gasteiger partial charge on any atom is 0.318 e. The van der Waals surface area contributed by atoms with Gasteiger partial charge in [-0.15, -0.1) is 0 Å². The van der Waals surface area contributed by atoms with E-state index in [9.17, 15) is 10.1 Å². The number of anilines is 2. The number of rotatable bonds is 11. The Balaban J connectivity index is 1.33. The smallest absolute Gasteiger partial charge is 0.318 e. The van der Waals surface area contributed by atoms with Crippen LogP contribution in [0.3, 0.4) is 0 Å². The zero-order valence-corrected chi connectivity index (χ0v) is 27.1. The second-order valence-electron chi connectivity index (χ2n) is 12.5. The molecular formula is C35H42ClN7O2. The maximum atomic E-state index is 12.6. The topological polar surface area (TPSA) is 88.8 Å². The van der Waals surface area contributed by atoms with Crippen LogP contribution >= 0.6 is 11.6 Å². The molecule has 236 valence electrons. The molecule has 10 heteroatoms. The first kappa shape index (κ1) is 31.1. The Morgan fingerprint density at radius 3 is 2.64 bits per heavy atom. The third kappa shape index (κ3) is 6.45. The second kappa shape index (κ2) is 13.2. The van der Waals surface area contributed by atoms with Crippen molar-refractivity contribution in [1.82, 2.24) is 19.8 Å². The van der Waals surface area contributed by atoms with Crippen LogP contribution in [0, 0.1) is 16.7 Å². The van der Waals surface area contributed by atoms with Crippen molar-refractivity contribution in [1.29, 1.82) is 5.26 Å². The molecule has 3 aliphatic rings. The molecule has 2 fully saturated rings. The Labute approximate surface area is 271 Å². The van der Waals surface area contributed by atoms with Crippen molar-refractivity contribution in [2.45, 2.75) is 52.1 Å². The molecule has 2 aromatic carbocycles. The van der Waals surface area contributed by atoms with Crippen LogP contribution in [-0.2, 0) is 17.8 Å². The van der Waals surface area contributed by atoms with Crippen molar-refractivity contribution in [3.63, 3.8) is 0 Å². The van der Waals surface area contributed by atoms with Crippen LogP contribution in [0.2, 0.25) is 5.02 Å². The van der Waals surface area contributed by atoms with E-state index in [-0.39, 0.29) is 23.8 Å². The van der Waals surface area contributed by atoms with Gasteiger partial charge in [0.1, 0.15) is 5.82 Å². The molecule has 1 saturated carbocycles. The predicted octanol–water partition coefficient (Wildman–Crippen LogP) is 5.46. The molecule has 1 aromatic heterocycles. The molecule has 6 rings (SSSR count). The highest BCUT2D eigenvalue weighted by atomic mass is 35.5. The quantitative estimate of drug-likeness (QED) is 0.259. The van der Waals surface area contributed by atoms with Gasteiger partial charge in [0, 0.05) is 54.8 Å². The summed E-state index contributed by atoms with van der Waals surface area (Å²) in [5.41, 5.74) is 3.29. The number of hydrogen-bond donors (Lipinski definition) is 0. The normalized spacial score (nSPS) is 18.9. The summed E-state index contributed by atoms with van der Waals surface area (Å²) in [6, 6.07) is 14.7. The Kier molecular flexibility index (Phi) is 9.16. The summed E-state index contributed by atoms with van der Waals surface area (Å²) in [5.74, 6) is 0.712. The first-order chi connectivity index (χ1) is 21.9. The zero-order valence-electron chi connectivity index (χ0n) is 26.3. The van der Waals surface area contributed by atoms with Crippen molar-refractivity contribution in [3.05, 3.63) is 65.3 Å². The lowest BCUT2D eigenvalue weighted by Crippen LogP contribution is -2.55. The standard InChI is InChI=1S/C35H42ClN7O2/c1-4-31(44)43-20-19-42(21-26(43)13-17-37)33-27-14-18-41(30-12-8-10-25-9-7-11-28(36)32(25)30)22-29(27)38-34(39-33)45-24-35(15-16-35)23-40(5-2)6-3/h4,7-12,26H,1,5-6,13-16,18-24H2,2-3H3. The number of nitrogens with zero attached hydrogens (tertiary/aromatic N) is 7. The van der Waals surface area contributed by atoms with Crippen LogP contribution < -0.4 is 14.5 Å². The predicted molar refractivity (Wildman–Crippen MR) is 179 cm³/mol. The molecule has 0 spiro atoms. The average Bonchev–Trinajstić information content (AvgIpc) is 3.84. The Morgan fingerprint density at radius 2 is 1.93 bits per heavy atom. The van der Waals surface area contributed by atoms with E-state index in [1.165, 1.54) is 6.08 Å². The fourth-order valence-electron chi connectivity index (χ4n) is 6.86. The molecule has 3 heterocycles. The largest absolute Gasteiger partial charge is 0.463 e. The van der Waals surface area contributed by atoms with E-state index in [4.69, 9.17) is 26.3 Å². The van der Waals surface area contributed by atoms with E-state index in [1.54, 1.807) is 4.90 Å². The fraction of sp³-hybridized carbons (Fsp3) is 0.486. The summed E-state index contributed by atoms with van der Waals surface area (Å²) < 4.78 is 6.46. The highest BCUT2D eigenvalue weighted by molar-refractivity contribution is 6.36. The van der Waals surface area contributed by atoms with Crippen LogP contribution in [0.5, 0.6) is 6.01 Å². The molecular weight excluding hydrogens is 586 g/mol. The van der Waals surface area contributed by atoms with Crippen molar-refractivity contribution >= 4 is 39.8 Å². The third-order valence-electron chi connectivity index (χ3n) is 9.68. The second-order valence-corrected chi connectivity index (χ2v) is 12.9. The van der Waals surface area contributed by atoms with E-state index >= 15 is 0 Å². The van der Waals surface area contributed by atoms with Crippen LogP contribution in [-0.4, -0.2) is 84.1 Å². The van der Waals surface area contributed by atoms with Gasteiger partial charge in [-0.3, -0.25) is 4.79 Å². The van der Waals surface area contributed by atoms with Gasteiger partial charge in [-0.25, -0.2) is 0 Å². The maximum absolute atomic E-state index is 12.6. The highest BCUT2D eigenvalue weighted by Gasteiger charge is 2.45. The summed E-state index contributed by atoms with van der Waals surface area (Å²) >= 11 is 6.72. The third-order valence-corrected chi connectivity index (χ3v) is 10.00. The lowest BCUT2D eigenvalue weighted by atomic mass is 10.0. The molecule has 0 N–H and O–H groups in total. The molecule has 1 aliphatic carbocycles. The van der Waals surface area contributed by atoms with E-state index in [0.717, 1.165) is 84.0 Å². The SMILES string of the molecule is C=CC(=O)N1CCN(c2nc(OCC3(CN(CC)CC)CC3)nc3c2CCN(c2cccc4cccc(Cl)c24)C3)CC1CC#N. The van der Waals surface area contributed by atoms with E-state index in [0.29, 0.717) is 38.8 Å². The van der Waals surface area contributed by atoms with Gasteiger partial charge in [0.15, 0.2) is 0 Å². The number of benzene rings is 2. The summed E-state index contributed by atoms with van der Waals surface area (Å²) in [6.45, 7) is 14.7. The number of carbonyl (C=O) groups excluding carboxylic acids is 1. The minimum atomic E-state index is -0.244. The molecule has 1 atom stereocenters. The first-order valence-corrected chi connectivity index (χ1v) is 16.5. The molecule has 0 bridgehead atoms. The number of fused-ring (bicyclic) bond motifs is 2. The summed E-state index contributed by atoms with van der Waals surface area (Å²) in [7, 11) is 0. The summed E-state index contributed by atoms with van der Waals surface area (Å²) in [5, 5.41) is 12.5. The van der Waals surface area contributed by atoms with Crippen molar-refractivity contribution < 1.29 is 9.53 Å². The van der Waals surface area contributed by atoms with Gasteiger partial charge in [-0.1, -0.05) is 56.3 Å². The Hall–Kier alpha value is -3.87. The molecule has 3 aromatic rings. The van der Waals surface area contributed by atoms with Gasteiger partial charge in [-0.2, -0.15) is 15.2 Å². The number of ether oxygens (including phenoxy) is 1. The van der Waals surface area contributed by atoms with Gasteiger partial charge in [0.2, 0.25) is 5.91 Å². The minimum Gasteiger partial charge on any atom is -0.463 e. The number of amides is 1. The van der Waals surface area contributed by atoms with Crippen LogP contribution in [0.15, 0.2) is 49.1 Å². The first-order valence-electron chi connectivity index (χ1n) is 16.1. The molecule has 1 unspecified atom stereocenters. The van der Waals surface area contributed by atoms with Gasteiger partial charge >= 0.3 is 6.01 Å². The van der Waals surface area contributed by atoms with Gasteiger partial charge in [0.25, 0.3) is 0 Å². The van der Waals surface area contributed by atoms with Gasteiger partial charge in [-0.05, 0) is 55.9 Å². The number of piperazine rings is 1. The number of halogens is 1. The van der Waals surface area contributed by atoms with Crippen LogP contribution in [0.1, 0.15) is 44.4 Å². The fourth-order valence-corrected chi connectivity index (χ4v) is 7.14. The number of nitriles is 1. The molecule has 0 radical (unpaired) electrons. The summed E-state index contributed by atoms with van der Waals surface area (Å²) in [6.07, 6.45) is 4.62. The molecule has 9 nitrogen and oxygen atoms in total. The van der Waals surface area contributed by atoms with Gasteiger partial charge < -0.3 is 24.3 Å². The number of aromatic nitrogens is 2. The lowest BCUT2D eigenvalue weighted by Gasteiger charge is -2.42. The zero-order chi connectivity index (χ0) is 31.6. The van der Waals surface area contributed by atoms with Crippen molar-refractivity contribution in [3.8, 4) is 12.1 Å². The minimum absolute atomic E-state index is 0.143. The number of hydrogen-bond acceptors (Lipinski definition) is 8. The number of carbonyl (C=O) groups is 1. The average molecular weight is 628 g/mol. The molecule has 1 amide bonds. The van der Waals surface area contributed by atoms with E-state index in [1.807, 2.05) is 12.1 Å². The molecule has 45 heavy (non-hydrogen) atoms. The van der Waals surface area contributed by atoms with E-state index in [2.05, 4.69) is 65.5 Å². The highest BCUT2D eigenvalue weighted by Crippen LogP contribution is 2.46. The van der Waals surface area contributed by atoms with Gasteiger partial charge in [0.05, 0.1) is 42.4 Å². The lowest BCUT2D eigenvalue weighted by molar-refractivity contribution is -0.128. The Bertz CT molecular complexity index is 1610.